The second-order valence-electron chi connectivity index (χ2n) is 8.08. The third kappa shape index (κ3) is 4.35. The predicted molar refractivity (Wildman–Crippen MR) is 109 cm³/mol. The van der Waals surface area contributed by atoms with E-state index in [0.717, 1.165) is 4.90 Å². The molecule has 3 heterocycles. The van der Waals surface area contributed by atoms with Gasteiger partial charge in [0, 0.05) is 25.9 Å². The number of likely N-dealkylation sites (tertiary alicyclic amines) is 1. The molecule has 1 saturated heterocycles. The number of nitrogens with zero attached hydrogens (tertiary/aromatic N) is 3. The van der Waals surface area contributed by atoms with Crippen LogP contribution < -0.4 is 9.64 Å². The van der Waals surface area contributed by atoms with Gasteiger partial charge in [-0.1, -0.05) is 12.1 Å². The molecule has 1 aromatic heterocycles. The number of ether oxygens (including phenoxy) is 1. The van der Waals surface area contributed by atoms with E-state index in [0.29, 0.717) is 11.1 Å². The summed E-state index contributed by atoms with van der Waals surface area (Å²) in [6, 6.07) is 6.73. The van der Waals surface area contributed by atoms with Gasteiger partial charge in [-0.2, -0.15) is 0 Å². The monoisotopic (exact) mass is 449 g/mol. The van der Waals surface area contributed by atoms with E-state index in [1.807, 2.05) is 0 Å². The van der Waals surface area contributed by atoms with E-state index in [4.69, 9.17) is 4.74 Å². The molecule has 0 unspecified atom stereocenters. The minimum atomic E-state index is -2.81. The van der Waals surface area contributed by atoms with Crippen LogP contribution in [0.5, 0.6) is 5.88 Å². The number of aromatic nitrogens is 1. The van der Waals surface area contributed by atoms with Gasteiger partial charge < -0.3 is 14.7 Å². The quantitative estimate of drug-likeness (QED) is 0.767. The topological polar surface area (TPSA) is 83.0 Å². The van der Waals surface area contributed by atoms with Gasteiger partial charge in [0.15, 0.2) is 0 Å². The minimum Gasteiger partial charge on any atom is -0.474 e. The molecule has 7 nitrogen and oxygen atoms in total. The first-order valence-corrected chi connectivity index (χ1v) is 10.2. The maximum Gasteiger partial charge on any atom is 0.412 e. The van der Waals surface area contributed by atoms with Crippen molar-refractivity contribution in [2.24, 2.45) is 0 Å². The van der Waals surface area contributed by atoms with Crippen molar-refractivity contribution in [3.63, 3.8) is 0 Å². The molecule has 1 N–H and O–H groups in total. The molecule has 2 amide bonds. The van der Waals surface area contributed by atoms with Crippen LogP contribution in [0.2, 0.25) is 0 Å². The predicted octanol–water partition coefficient (Wildman–Crippen LogP) is 3.95. The molecule has 1 fully saturated rings. The van der Waals surface area contributed by atoms with Gasteiger partial charge in [0.05, 0.1) is 6.04 Å². The Morgan fingerprint density at radius 2 is 1.88 bits per heavy atom. The largest absolute Gasteiger partial charge is 0.474 e. The molecule has 10 heteroatoms. The van der Waals surface area contributed by atoms with Crippen molar-refractivity contribution in [3.8, 4) is 5.88 Å². The molecule has 0 bridgehead atoms. The van der Waals surface area contributed by atoms with E-state index in [9.17, 15) is 27.9 Å². The molecule has 2 aromatic rings. The summed E-state index contributed by atoms with van der Waals surface area (Å²) in [5.41, 5.74) is 1.30. The lowest BCUT2D eigenvalue weighted by Gasteiger charge is -2.34. The number of carbonyl (C=O) groups is 2. The van der Waals surface area contributed by atoms with E-state index in [1.165, 1.54) is 23.1 Å². The molecule has 2 aliphatic heterocycles. The number of hydrogen-bond donors (Lipinski definition) is 1. The van der Waals surface area contributed by atoms with Gasteiger partial charge in [-0.25, -0.2) is 22.9 Å². The number of carbonyl (C=O) groups excluding carboxylic acids is 1. The molecule has 0 radical (unpaired) electrons. The maximum absolute atomic E-state index is 13.6. The highest BCUT2D eigenvalue weighted by Crippen LogP contribution is 2.36. The normalized spacial score (nSPS) is 19.8. The van der Waals surface area contributed by atoms with Gasteiger partial charge in [-0.3, -0.25) is 9.69 Å². The Hall–Kier alpha value is -3.30. The summed E-state index contributed by atoms with van der Waals surface area (Å²) in [7, 11) is 0. The Morgan fingerprint density at radius 3 is 2.50 bits per heavy atom. The summed E-state index contributed by atoms with van der Waals surface area (Å²) in [5, 5.41) is 9.65. The number of anilines is 1. The van der Waals surface area contributed by atoms with Crippen LogP contribution in [0.15, 0.2) is 30.3 Å². The molecule has 0 aliphatic carbocycles. The fraction of sp³-hybridized carbons (Fsp3) is 0.409. The first-order chi connectivity index (χ1) is 15.1. The van der Waals surface area contributed by atoms with Crippen LogP contribution in [0, 0.1) is 5.82 Å². The van der Waals surface area contributed by atoms with Crippen molar-refractivity contribution < 1.29 is 32.6 Å². The lowest BCUT2D eigenvalue weighted by Crippen LogP contribution is -2.45. The molecular weight excluding hydrogens is 427 g/mol. The molecule has 1 aromatic carbocycles. The number of pyridine rings is 1. The second kappa shape index (κ2) is 8.33. The van der Waals surface area contributed by atoms with Crippen LogP contribution in [0.1, 0.15) is 41.4 Å². The first-order valence-electron chi connectivity index (χ1n) is 10.2. The lowest BCUT2D eigenvalue weighted by molar-refractivity contribution is -0.0495. The Morgan fingerprint density at radius 1 is 1.22 bits per heavy atom. The Bertz CT molecular complexity index is 1040. The van der Waals surface area contributed by atoms with Gasteiger partial charge in [0.2, 0.25) is 5.88 Å². The molecule has 1 atom stereocenters. The highest BCUT2D eigenvalue weighted by Gasteiger charge is 2.38. The van der Waals surface area contributed by atoms with Gasteiger partial charge in [-0.05, 0) is 42.7 Å². The van der Waals surface area contributed by atoms with Crippen molar-refractivity contribution in [1.29, 1.82) is 0 Å². The standard InChI is InChI=1S/C22H22F3N3O4/c1-13-12-32-19-17(28(13)21(30)31)11-15(10-14-2-4-16(23)5-3-14)18(26-19)20(29)27-8-6-22(24,25)7-9-27/h2-5,11,13H,6-10,12H2,1H3,(H,30,31)/t13-/m0/s1. The summed E-state index contributed by atoms with van der Waals surface area (Å²) in [5.74, 6) is -3.75. The third-order valence-corrected chi connectivity index (χ3v) is 5.71. The van der Waals surface area contributed by atoms with Crippen molar-refractivity contribution in [2.75, 3.05) is 24.6 Å². The van der Waals surface area contributed by atoms with Crippen LogP contribution in [0.25, 0.3) is 0 Å². The minimum absolute atomic E-state index is 0.000884. The van der Waals surface area contributed by atoms with Crippen LogP contribution in [-0.4, -0.2) is 58.7 Å². The number of benzene rings is 1. The fourth-order valence-corrected chi connectivity index (χ4v) is 3.94. The fourth-order valence-electron chi connectivity index (χ4n) is 3.94. The Labute approximate surface area is 182 Å². The SMILES string of the molecule is C[C@H]1COc2nc(C(=O)N3CCC(F)(F)CC3)c(Cc3ccc(F)cc3)cc2N1C(=O)O. The zero-order valence-electron chi connectivity index (χ0n) is 17.4. The smallest absolute Gasteiger partial charge is 0.412 e. The first kappa shape index (κ1) is 21.9. The summed E-state index contributed by atoms with van der Waals surface area (Å²) in [6.45, 7) is 1.52. The molecule has 170 valence electrons. The molecule has 32 heavy (non-hydrogen) atoms. The van der Waals surface area contributed by atoms with Gasteiger partial charge in [0.25, 0.3) is 11.8 Å². The van der Waals surface area contributed by atoms with Gasteiger partial charge >= 0.3 is 6.09 Å². The van der Waals surface area contributed by atoms with E-state index >= 15 is 0 Å². The maximum atomic E-state index is 13.6. The summed E-state index contributed by atoms with van der Waals surface area (Å²) >= 11 is 0. The van der Waals surface area contributed by atoms with Crippen LogP contribution in [0.4, 0.5) is 23.7 Å². The molecular formula is C22H22F3N3O4. The Balaban J connectivity index is 1.74. The molecule has 4 rings (SSSR count). The number of fused-ring (bicyclic) bond motifs is 1. The van der Waals surface area contributed by atoms with Crippen LogP contribution in [-0.2, 0) is 6.42 Å². The second-order valence-corrected chi connectivity index (χ2v) is 8.08. The van der Waals surface area contributed by atoms with Crippen molar-refractivity contribution >= 4 is 17.7 Å². The number of hydrogen-bond acceptors (Lipinski definition) is 4. The van der Waals surface area contributed by atoms with Crippen molar-refractivity contribution in [1.82, 2.24) is 9.88 Å². The molecule has 2 aliphatic rings. The van der Waals surface area contributed by atoms with Gasteiger partial charge in [0.1, 0.15) is 23.8 Å². The zero-order valence-corrected chi connectivity index (χ0v) is 17.4. The van der Waals surface area contributed by atoms with Crippen molar-refractivity contribution in [3.05, 3.63) is 53.0 Å². The molecule has 0 spiro atoms. The average Bonchev–Trinajstić information content (AvgIpc) is 2.74. The molecule has 0 saturated carbocycles. The lowest BCUT2D eigenvalue weighted by atomic mass is 10.00. The van der Waals surface area contributed by atoms with E-state index < -0.39 is 42.6 Å². The summed E-state index contributed by atoms with van der Waals surface area (Å²) in [6.07, 6.45) is -1.88. The number of halogens is 3. The highest BCUT2D eigenvalue weighted by atomic mass is 19.3. The van der Waals surface area contributed by atoms with Crippen LogP contribution in [0.3, 0.4) is 0 Å². The summed E-state index contributed by atoms with van der Waals surface area (Å²) < 4.78 is 46.0. The third-order valence-electron chi connectivity index (χ3n) is 5.71. The van der Waals surface area contributed by atoms with E-state index in [1.54, 1.807) is 19.1 Å². The van der Waals surface area contributed by atoms with E-state index in [2.05, 4.69) is 4.98 Å². The number of carboxylic acid groups (broad SMARTS) is 1. The van der Waals surface area contributed by atoms with Crippen molar-refractivity contribution in [2.45, 2.75) is 38.2 Å². The summed E-state index contributed by atoms with van der Waals surface area (Å²) in [4.78, 5) is 31.8. The number of alkyl halides is 2. The Kier molecular flexibility index (Phi) is 5.70. The zero-order chi connectivity index (χ0) is 23.0. The van der Waals surface area contributed by atoms with Crippen LogP contribution >= 0.6 is 0 Å². The highest BCUT2D eigenvalue weighted by molar-refractivity contribution is 5.96. The number of piperidine rings is 1. The number of amides is 2. The van der Waals surface area contributed by atoms with E-state index in [-0.39, 0.29) is 43.4 Å². The number of rotatable bonds is 3. The average molecular weight is 449 g/mol. The van der Waals surface area contributed by atoms with Gasteiger partial charge in [-0.15, -0.1) is 0 Å².